The Hall–Kier alpha value is -4.33. The lowest BCUT2D eigenvalue weighted by molar-refractivity contribution is -0.138. The Kier molecular flexibility index (Phi) is 8.23. The standard InChI is InChI=1S/C29H30F5N7O2/c1-16-14-41(15-17(2)39(16)3)25-10-23(31)20(18-4-6-40(7-5-18)28-36-11-19(30)12-37-28)8-24(25)38-27(43)21-13-35-26(42)9-22(21)29(32,33)34/h4,8-13,16-17H,5-7,14-15H2,1-3H3,(H,35,42)(H,38,43). The van der Waals surface area contributed by atoms with Crippen molar-refractivity contribution in [2.75, 3.05) is 48.3 Å². The van der Waals surface area contributed by atoms with Crippen LogP contribution in [-0.2, 0) is 6.18 Å². The molecule has 2 unspecified atom stereocenters. The number of halogens is 5. The Morgan fingerprint density at radius 1 is 1.05 bits per heavy atom. The predicted molar refractivity (Wildman–Crippen MR) is 152 cm³/mol. The molecule has 2 aromatic heterocycles. The Balaban J connectivity index is 1.52. The van der Waals surface area contributed by atoms with E-state index in [4.69, 9.17) is 0 Å². The molecule has 0 bridgehead atoms. The smallest absolute Gasteiger partial charge is 0.367 e. The minimum atomic E-state index is -4.95. The fourth-order valence-corrected chi connectivity index (χ4v) is 5.42. The number of carbonyl (C=O) groups is 1. The van der Waals surface area contributed by atoms with Gasteiger partial charge < -0.3 is 20.1 Å². The maximum atomic E-state index is 15.8. The zero-order chi connectivity index (χ0) is 31.1. The number of pyridine rings is 1. The number of hydrogen-bond donors (Lipinski definition) is 2. The van der Waals surface area contributed by atoms with E-state index in [0.29, 0.717) is 55.9 Å². The Morgan fingerprint density at radius 3 is 2.33 bits per heavy atom. The summed E-state index contributed by atoms with van der Waals surface area (Å²) in [5, 5.41) is 2.57. The molecule has 2 aliphatic heterocycles. The summed E-state index contributed by atoms with van der Waals surface area (Å²) in [4.78, 5) is 40.9. The molecule has 1 aromatic carbocycles. The molecule has 9 nitrogen and oxygen atoms in total. The Bertz CT molecular complexity index is 1590. The first-order chi connectivity index (χ1) is 20.3. The number of amides is 1. The van der Waals surface area contributed by atoms with Crippen LogP contribution in [0.3, 0.4) is 0 Å². The van der Waals surface area contributed by atoms with Crippen molar-refractivity contribution in [1.82, 2.24) is 19.9 Å². The number of H-pyrrole nitrogens is 1. The number of carbonyl (C=O) groups excluding carboxylic acids is 1. The lowest BCUT2D eigenvalue weighted by atomic mass is 9.97. The van der Waals surface area contributed by atoms with E-state index >= 15 is 4.39 Å². The Morgan fingerprint density at radius 2 is 1.72 bits per heavy atom. The number of nitrogens with zero attached hydrogens (tertiary/aromatic N) is 5. The second kappa shape index (κ2) is 11.7. The molecule has 43 heavy (non-hydrogen) atoms. The van der Waals surface area contributed by atoms with Crippen LogP contribution in [0.2, 0.25) is 0 Å². The van der Waals surface area contributed by atoms with Crippen LogP contribution in [-0.4, -0.2) is 71.1 Å². The van der Waals surface area contributed by atoms with Crippen molar-refractivity contribution >= 4 is 28.8 Å². The highest BCUT2D eigenvalue weighted by atomic mass is 19.4. The zero-order valence-corrected chi connectivity index (χ0v) is 23.7. The van der Waals surface area contributed by atoms with Gasteiger partial charge in [-0.25, -0.2) is 18.7 Å². The zero-order valence-electron chi connectivity index (χ0n) is 23.7. The van der Waals surface area contributed by atoms with Gasteiger partial charge in [0, 0.05) is 56.1 Å². The van der Waals surface area contributed by atoms with Gasteiger partial charge in [0.2, 0.25) is 11.5 Å². The van der Waals surface area contributed by atoms with Gasteiger partial charge in [-0.1, -0.05) is 6.08 Å². The van der Waals surface area contributed by atoms with Crippen LogP contribution >= 0.6 is 0 Å². The van der Waals surface area contributed by atoms with E-state index in [1.807, 2.05) is 25.8 Å². The average Bonchev–Trinajstić information content (AvgIpc) is 2.96. The highest BCUT2D eigenvalue weighted by Crippen LogP contribution is 2.37. The predicted octanol–water partition coefficient (Wildman–Crippen LogP) is 4.54. The molecule has 3 aromatic rings. The number of likely N-dealkylation sites (N-methyl/N-ethyl adjacent to an activating group) is 1. The van der Waals surface area contributed by atoms with Gasteiger partial charge in [0.1, 0.15) is 5.82 Å². The van der Waals surface area contributed by atoms with E-state index in [1.54, 1.807) is 11.0 Å². The molecule has 0 spiro atoms. The fraction of sp³-hybridized carbons (Fsp3) is 0.379. The van der Waals surface area contributed by atoms with Crippen molar-refractivity contribution in [3.63, 3.8) is 0 Å². The first-order valence-corrected chi connectivity index (χ1v) is 13.7. The van der Waals surface area contributed by atoms with E-state index in [2.05, 4.69) is 25.2 Å². The second-order valence-electron chi connectivity index (χ2n) is 10.8. The lowest BCUT2D eigenvalue weighted by Gasteiger charge is -2.44. The maximum Gasteiger partial charge on any atom is 0.417 e. The number of benzene rings is 1. The van der Waals surface area contributed by atoms with Crippen LogP contribution < -0.4 is 20.7 Å². The van der Waals surface area contributed by atoms with Gasteiger partial charge in [0.05, 0.1) is 34.9 Å². The fourth-order valence-electron chi connectivity index (χ4n) is 5.42. The lowest BCUT2D eigenvalue weighted by Crippen LogP contribution is -2.55. The summed E-state index contributed by atoms with van der Waals surface area (Å²) in [6.07, 6.45) is 0.0191. The summed E-state index contributed by atoms with van der Waals surface area (Å²) >= 11 is 0. The molecule has 2 aliphatic rings. The van der Waals surface area contributed by atoms with Gasteiger partial charge in [-0.3, -0.25) is 14.5 Å². The molecule has 14 heteroatoms. The number of anilines is 3. The molecule has 1 fully saturated rings. The van der Waals surface area contributed by atoms with Crippen LogP contribution in [0.25, 0.3) is 5.57 Å². The van der Waals surface area contributed by atoms with Gasteiger partial charge in [-0.05, 0) is 45.0 Å². The highest BCUT2D eigenvalue weighted by Gasteiger charge is 2.36. The summed E-state index contributed by atoms with van der Waals surface area (Å²) in [6, 6.07) is 3.21. The Labute approximate surface area is 244 Å². The van der Waals surface area contributed by atoms with Gasteiger partial charge in [0.15, 0.2) is 5.82 Å². The summed E-state index contributed by atoms with van der Waals surface area (Å²) in [6.45, 7) is 5.70. The van der Waals surface area contributed by atoms with Crippen molar-refractivity contribution < 1.29 is 26.7 Å². The van der Waals surface area contributed by atoms with Crippen LogP contribution in [0.1, 0.15) is 41.8 Å². The first kappa shape index (κ1) is 30.1. The summed E-state index contributed by atoms with van der Waals surface area (Å²) in [7, 11) is 1.98. The minimum absolute atomic E-state index is 0.0757. The van der Waals surface area contributed by atoms with Crippen molar-refractivity contribution in [3.05, 3.63) is 81.5 Å². The van der Waals surface area contributed by atoms with Gasteiger partial charge >= 0.3 is 6.18 Å². The van der Waals surface area contributed by atoms with Crippen LogP contribution in [0, 0.1) is 11.6 Å². The summed E-state index contributed by atoms with van der Waals surface area (Å²) in [5.74, 6) is -1.90. The first-order valence-electron chi connectivity index (χ1n) is 13.7. The van der Waals surface area contributed by atoms with Crippen molar-refractivity contribution in [1.29, 1.82) is 0 Å². The number of piperazine rings is 1. The third kappa shape index (κ3) is 6.38. The molecule has 1 amide bonds. The monoisotopic (exact) mass is 603 g/mol. The maximum absolute atomic E-state index is 15.8. The molecule has 0 saturated carbocycles. The molecule has 4 heterocycles. The molecular weight excluding hydrogens is 573 g/mol. The summed E-state index contributed by atoms with van der Waals surface area (Å²) < 4.78 is 70.2. The van der Waals surface area contributed by atoms with Crippen molar-refractivity contribution in [2.45, 2.75) is 38.5 Å². The molecule has 2 N–H and O–H groups in total. The second-order valence-corrected chi connectivity index (χ2v) is 10.8. The van der Waals surface area contributed by atoms with E-state index in [1.165, 1.54) is 12.1 Å². The van der Waals surface area contributed by atoms with E-state index in [0.717, 1.165) is 18.6 Å². The van der Waals surface area contributed by atoms with E-state index < -0.39 is 40.4 Å². The molecule has 0 radical (unpaired) electrons. The highest BCUT2D eigenvalue weighted by molar-refractivity contribution is 6.07. The molecule has 1 saturated heterocycles. The average molecular weight is 604 g/mol. The van der Waals surface area contributed by atoms with Gasteiger partial charge in [-0.2, -0.15) is 13.2 Å². The number of alkyl halides is 3. The molecular formula is C29H30F5N7O2. The molecule has 0 aliphatic carbocycles. The van der Waals surface area contributed by atoms with Crippen LogP contribution in [0.5, 0.6) is 0 Å². The number of nitrogens with one attached hydrogen (secondary N) is 2. The van der Waals surface area contributed by atoms with Crippen molar-refractivity contribution in [2.24, 2.45) is 0 Å². The molecule has 5 rings (SSSR count). The normalized spacial score (nSPS) is 19.8. The number of hydrogen-bond acceptors (Lipinski definition) is 7. The topological polar surface area (TPSA) is 97.5 Å². The number of rotatable bonds is 5. The minimum Gasteiger partial charge on any atom is -0.367 e. The molecule has 228 valence electrons. The van der Waals surface area contributed by atoms with Crippen molar-refractivity contribution in [3.8, 4) is 0 Å². The quantitative estimate of drug-likeness (QED) is 0.414. The SMILES string of the molecule is CC1CN(c2cc(F)c(C3=CCN(c4ncc(F)cn4)CC3)cc2NC(=O)c2c[nH]c(=O)cc2C(F)(F)F)CC(C)N1C. The number of aromatic nitrogens is 3. The van der Waals surface area contributed by atoms with Gasteiger partial charge in [0.25, 0.3) is 5.91 Å². The van der Waals surface area contributed by atoms with Crippen LogP contribution in [0.4, 0.5) is 39.3 Å². The molecule has 2 atom stereocenters. The third-order valence-electron chi connectivity index (χ3n) is 7.95. The summed E-state index contributed by atoms with van der Waals surface area (Å²) in [5.41, 5.74) is -1.87. The number of aromatic amines is 1. The third-order valence-corrected chi connectivity index (χ3v) is 7.95. The largest absolute Gasteiger partial charge is 0.417 e. The van der Waals surface area contributed by atoms with Gasteiger partial charge in [-0.15, -0.1) is 0 Å². The van der Waals surface area contributed by atoms with E-state index in [9.17, 15) is 27.2 Å². The van der Waals surface area contributed by atoms with E-state index in [-0.39, 0.29) is 23.3 Å². The van der Waals surface area contributed by atoms with Crippen LogP contribution in [0.15, 0.2) is 47.7 Å².